The van der Waals surface area contributed by atoms with Gasteiger partial charge in [0.05, 0.1) is 12.2 Å². The Balaban J connectivity index is 1.11. The van der Waals surface area contributed by atoms with E-state index < -0.39 is 11.7 Å². The Kier molecular flexibility index (Phi) is 7.72. The molecule has 0 bridgehead atoms. The Morgan fingerprint density at radius 2 is 1.81 bits per heavy atom. The van der Waals surface area contributed by atoms with E-state index >= 15 is 0 Å². The molecule has 2 aliphatic heterocycles. The van der Waals surface area contributed by atoms with Crippen molar-refractivity contribution in [2.75, 3.05) is 26.2 Å². The first-order valence-corrected chi connectivity index (χ1v) is 14.3. The topological polar surface area (TPSA) is 84.0 Å². The highest BCUT2D eigenvalue weighted by atomic mass is 32.1. The van der Waals surface area contributed by atoms with Gasteiger partial charge >= 0.3 is 6.09 Å². The van der Waals surface area contributed by atoms with Crippen LogP contribution in [0.25, 0.3) is 10.6 Å². The summed E-state index contributed by atoms with van der Waals surface area (Å²) in [4.78, 5) is 34.9. The lowest BCUT2D eigenvalue weighted by molar-refractivity contribution is -0.131. The molecule has 0 atom stereocenters. The maximum Gasteiger partial charge on any atom is 0.408 e. The molecule has 0 radical (unpaired) electrons. The Bertz CT molecular complexity index is 1100. The van der Waals surface area contributed by atoms with E-state index in [4.69, 9.17) is 14.5 Å². The number of nitrogens with one attached hydrogen (secondary N) is 1. The lowest BCUT2D eigenvalue weighted by Crippen LogP contribution is -2.50. The predicted octanol–water partition coefficient (Wildman–Crippen LogP) is 4.62. The Morgan fingerprint density at radius 1 is 1.08 bits per heavy atom. The fourth-order valence-corrected chi connectivity index (χ4v) is 6.32. The molecule has 8 nitrogen and oxygen atoms in total. The lowest BCUT2D eigenvalue weighted by Gasteiger charge is -2.44. The number of alkyl carbamates (subject to hydrolysis) is 1. The summed E-state index contributed by atoms with van der Waals surface area (Å²) in [6, 6.07) is 8.94. The number of aromatic nitrogens is 1. The molecule has 5 rings (SSSR count). The van der Waals surface area contributed by atoms with Crippen LogP contribution >= 0.6 is 11.3 Å². The van der Waals surface area contributed by atoms with E-state index in [0.29, 0.717) is 31.7 Å². The molecule has 1 aliphatic carbocycles. The molecule has 2 fully saturated rings. The summed E-state index contributed by atoms with van der Waals surface area (Å²) in [5, 5.41) is 3.52. The molecule has 1 N–H and O–H groups in total. The first-order valence-electron chi connectivity index (χ1n) is 13.5. The second-order valence-electron chi connectivity index (χ2n) is 11.3. The minimum absolute atomic E-state index is 0.0723. The van der Waals surface area contributed by atoms with Crippen molar-refractivity contribution in [3.63, 3.8) is 0 Å². The van der Waals surface area contributed by atoms with Crippen molar-refractivity contribution in [3.05, 3.63) is 34.8 Å². The van der Waals surface area contributed by atoms with E-state index in [0.717, 1.165) is 39.7 Å². The highest BCUT2D eigenvalue weighted by molar-refractivity contribution is 7.15. The Hall–Kier alpha value is -2.65. The molecule has 200 valence electrons. The summed E-state index contributed by atoms with van der Waals surface area (Å²) in [6.07, 6.45) is 6.76. The van der Waals surface area contributed by atoms with Crippen molar-refractivity contribution in [3.8, 4) is 16.3 Å². The molecule has 1 aromatic heterocycles. The van der Waals surface area contributed by atoms with E-state index in [1.807, 2.05) is 12.1 Å². The number of carbonyl (C=O) groups excluding carboxylic acids is 2. The third-order valence-corrected chi connectivity index (χ3v) is 8.38. The lowest BCUT2D eigenvalue weighted by atomic mass is 9.86. The predicted molar refractivity (Wildman–Crippen MR) is 144 cm³/mol. The van der Waals surface area contributed by atoms with Crippen molar-refractivity contribution in [1.29, 1.82) is 0 Å². The van der Waals surface area contributed by atoms with Gasteiger partial charge < -0.3 is 24.6 Å². The van der Waals surface area contributed by atoms with Crippen LogP contribution in [0.15, 0.2) is 24.3 Å². The zero-order valence-electron chi connectivity index (χ0n) is 22.1. The zero-order chi connectivity index (χ0) is 26.0. The average Bonchev–Trinajstić information content (AvgIpc) is 3.28. The summed E-state index contributed by atoms with van der Waals surface area (Å²) in [7, 11) is 0. The van der Waals surface area contributed by atoms with Crippen LogP contribution in [0, 0.1) is 0 Å². The van der Waals surface area contributed by atoms with Crippen molar-refractivity contribution in [2.24, 2.45) is 0 Å². The fourth-order valence-electron chi connectivity index (χ4n) is 5.19. The van der Waals surface area contributed by atoms with Gasteiger partial charge in [-0.05, 0) is 71.0 Å². The van der Waals surface area contributed by atoms with Crippen molar-refractivity contribution in [2.45, 2.75) is 83.6 Å². The van der Waals surface area contributed by atoms with Crippen LogP contribution in [0.2, 0.25) is 0 Å². The van der Waals surface area contributed by atoms with Gasteiger partial charge in [0, 0.05) is 42.3 Å². The zero-order valence-corrected chi connectivity index (χ0v) is 22.9. The summed E-state index contributed by atoms with van der Waals surface area (Å²) >= 11 is 1.63. The molecular formula is C28H38N4O4S. The first kappa shape index (κ1) is 26.0. The number of rotatable bonds is 6. The molecule has 0 unspecified atom stereocenters. The van der Waals surface area contributed by atoms with Crippen LogP contribution in [-0.2, 0) is 22.5 Å². The van der Waals surface area contributed by atoms with E-state index in [-0.39, 0.29) is 12.5 Å². The molecule has 1 aromatic carbocycles. The van der Waals surface area contributed by atoms with Crippen LogP contribution in [0.4, 0.5) is 4.79 Å². The monoisotopic (exact) mass is 526 g/mol. The third-order valence-electron chi connectivity index (χ3n) is 7.25. The quantitative estimate of drug-likeness (QED) is 0.592. The van der Waals surface area contributed by atoms with Crippen molar-refractivity contribution >= 4 is 23.3 Å². The molecule has 37 heavy (non-hydrogen) atoms. The molecule has 1 saturated carbocycles. The van der Waals surface area contributed by atoms with Crippen LogP contribution in [0.3, 0.4) is 0 Å². The maximum absolute atomic E-state index is 12.6. The number of nitrogens with zero attached hydrogens (tertiary/aromatic N) is 3. The second-order valence-corrected chi connectivity index (χ2v) is 12.4. The molecule has 0 spiro atoms. The first-order chi connectivity index (χ1) is 17.7. The van der Waals surface area contributed by atoms with Crippen molar-refractivity contribution in [1.82, 2.24) is 20.1 Å². The van der Waals surface area contributed by atoms with Crippen LogP contribution in [0.1, 0.15) is 63.4 Å². The van der Waals surface area contributed by atoms with E-state index in [1.165, 1.54) is 32.4 Å². The second kappa shape index (κ2) is 11.0. The number of carbonyl (C=O) groups is 2. The highest BCUT2D eigenvalue weighted by Gasteiger charge is 2.35. The number of ether oxygens (including phenoxy) is 2. The van der Waals surface area contributed by atoms with Crippen LogP contribution < -0.4 is 10.1 Å². The standard InChI is InChI=1S/C28H38N4O4S/c1-28(2,3)36-27(34)29-17-25(33)32-14-11-23-24(18-32)37-26(30-23)19-7-9-21(10-8-19)35-22-15-20(16-22)31-12-5-4-6-13-31/h7-10,20,22H,4-6,11-18H2,1-3H3,(H,29,34). The van der Waals surface area contributed by atoms with Gasteiger partial charge in [0.2, 0.25) is 5.91 Å². The number of thiazole rings is 1. The van der Waals surface area contributed by atoms with E-state index in [2.05, 4.69) is 22.3 Å². The number of hydrogen-bond donors (Lipinski definition) is 1. The largest absolute Gasteiger partial charge is 0.490 e. The van der Waals surface area contributed by atoms with Gasteiger partial charge in [-0.15, -0.1) is 11.3 Å². The van der Waals surface area contributed by atoms with Crippen LogP contribution in [0.5, 0.6) is 5.75 Å². The fraction of sp³-hybridized carbons (Fsp3) is 0.607. The Labute approximate surface area is 223 Å². The number of hydrogen-bond acceptors (Lipinski definition) is 7. The van der Waals surface area contributed by atoms with Gasteiger partial charge in [0.15, 0.2) is 0 Å². The summed E-state index contributed by atoms with van der Waals surface area (Å²) in [6.45, 7) is 8.92. The smallest absolute Gasteiger partial charge is 0.408 e. The number of likely N-dealkylation sites (tertiary alicyclic amines) is 1. The summed E-state index contributed by atoms with van der Waals surface area (Å²) in [5.41, 5.74) is 1.53. The van der Waals surface area contributed by atoms with Gasteiger partial charge in [-0.3, -0.25) is 4.79 Å². The molecule has 2 amide bonds. The minimum atomic E-state index is -0.594. The maximum atomic E-state index is 12.6. The molecule has 3 aliphatic rings. The van der Waals surface area contributed by atoms with Gasteiger partial charge in [-0.1, -0.05) is 6.42 Å². The van der Waals surface area contributed by atoms with Crippen LogP contribution in [-0.4, -0.2) is 70.7 Å². The Morgan fingerprint density at radius 3 is 2.51 bits per heavy atom. The van der Waals surface area contributed by atoms with Gasteiger partial charge in [-0.2, -0.15) is 0 Å². The van der Waals surface area contributed by atoms with Gasteiger partial charge in [-0.25, -0.2) is 9.78 Å². The molecular weight excluding hydrogens is 488 g/mol. The van der Waals surface area contributed by atoms with E-state index in [9.17, 15) is 9.59 Å². The SMILES string of the molecule is CC(C)(C)OC(=O)NCC(=O)N1CCc2nc(-c3ccc(OC4CC(N5CCCCC5)C4)cc3)sc2C1. The normalized spacial score (nSPS) is 22.1. The molecule has 3 heterocycles. The van der Waals surface area contributed by atoms with Gasteiger partial charge in [0.1, 0.15) is 29.0 Å². The number of fused-ring (bicyclic) bond motifs is 1. The molecule has 9 heteroatoms. The minimum Gasteiger partial charge on any atom is -0.490 e. The number of amides is 2. The highest BCUT2D eigenvalue weighted by Crippen LogP contribution is 2.34. The number of piperidine rings is 1. The average molecular weight is 527 g/mol. The van der Waals surface area contributed by atoms with Gasteiger partial charge in [0.25, 0.3) is 0 Å². The van der Waals surface area contributed by atoms with Crippen molar-refractivity contribution < 1.29 is 19.1 Å². The molecule has 2 aromatic rings. The number of benzene rings is 1. The summed E-state index contributed by atoms with van der Waals surface area (Å²) in [5.74, 6) is 0.799. The molecule has 1 saturated heterocycles. The third kappa shape index (κ3) is 6.62. The summed E-state index contributed by atoms with van der Waals surface area (Å²) < 4.78 is 11.4. The van der Waals surface area contributed by atoms with E-state index in [1.54, 1.807) is 37.0 Å².